The summed E-state index contributed by atoms with van der Waals surface area (Å²) >= 11 is 0. The van der Waals surface area contributed by atoms with Gasteiger partial charge in [-0.2, -0.15) is 0 Å². The molecule has 4 nitrogen and oxygen atoms in total. The summed E-state index contributed by atoms with van der Waals surface area (Å²) in [5.74, 6) is -0.757. The lowest BCUT2D eigenvalue weighted by Crippen LogP contribution is -2.50. The molecule has 13 heavy (non-hydrogen) atoms. The summed E-state index contributed by atoms with van der Waals surface area (Å²) < 4.78 is 5.46. The van der Waals surface area contributed by atoms with Crippen LogP contribution in [-0.2, 0) is 9.53 Å². The van der Waals surface area contributed by atoms with Crippen LogP contribution in [0, 0.1) is 0 Å². The van der Waals surface area contributed by atoms with Gasteiger partial charge in [0.05, 0.1) is 19.3 Å². The molecule has 0 aliphatic carbocycles. The van der Waals surface area contributed by atoms with Crippen LogP contribution in [-0.4, -0.2) is 47.8 Å². The van der Waals surface area contributed by atoms with Gasteiger partial charge in [-0.1, -0.05) is 6.92 Å². The zero-order valence-electron chi connectivity index (χ0n) is 8.19. The van der Waals surface area contributed by atoms with E-state index in [0.717, 1.165) is 13.0 Å². The number of rotatable bonds is 3. The van der Waals surface area contributed by atoms with Crippen molar-refractivity contribution >= 4 is 5.97 Å². The second kappa shape index (κ2) is 4.58. The summed E-state index contributed by atoms with van der Waals surface area (Å²) in [6.07, 6.45) is 1.10. The Morgan fingerprint density at radius 1 is 1.69 bits per heavy atom. The molecular formula is C9H17NO3. The highest BCUT2D eigenvalue weighted by molar-refractivity contribution is 5.69. The molecule has 0 spiro atoms. The zero-order chi connectivity index (χ0) is 9.84. The molecular weight excluding hydrogens is 170 g/mol. The minimum Gasteiger partial charge on any atom is -0.480 e. The predicted octanol–water partition coefficient (Wildman–Crippen LogP) is 0.570. The topological polar surface area (TPSA) is 49.8 Å². The number of carbonyl (C=O) groups is 1. The van der Waals surface area contributed by atoms with Crippen LogP contribution in [0.25, 0.3) is 0 Å². The van der Waals surface area contributed by atoms with Crippen molar-refractivity contribution < 1.29 is 14.6 Å². The van der Waals surface area contributed by atoms with Gasteiger partial charge in [-0.05, 0) is 13.3 Å². The number of carboxylic acids is 1. The highest BCUT2D eigenvalue weighted by Crippen LogP contribution is 2.13. The van der Waals surface area contributed by atoms with E-state index in [1.165, 1.54) is 0 Å². The third-order valence-electron chi connectivity index (χ3n) is 2.39. The van der Waals surface area contributed by atoms with Crippen molar-refractivity contribution in [1.29, 1.82) is 0 Å². The Hall–Kier alpha value is -0.610. The van der Waals surface area contributed by atoms with Gasteiger partial charge in [0.2, 0.25) is 0 Å². The molecule has 1 heterocycles. The van der Waals surface area contributed by atoms with Crippen molar-refractivity contribution in [3.8, 4) is 0 Å². The first-order valence-corrected chi connectivity index (χ1v) is 4.71. The molecule has 4 heteroatoms. The van der Waals surface area contributed by atoms with E-state index in [4.69, 9.17) is 9.84 Å². The molecule has 0 bridgehead atoms. The first-order chi connectivity index (χ1) is 6.13. The fraction of sp³-hybridized carbons (Fsp3) is 0.889. The Balaban J connectivity index is 2.49. The van der Waals surface area contributed by atoms with E-state index in [0.29, 0.717) is 6.61 Å². The van der Waals surface area contributed by atoms with E-state index in [-0.39, 0.29) is 18.7 Å². The van der Waals surface area contributed by atoms with Crippen molar-refractivity contribution in [3.05, 3.63) is 0 Å². The SMILES string of the molecule is CCC1COC(C)CN1CC(=O)O. The van der Waals surface area contributed by atoms with Gasteiger partial charge >= 0.3 is 5.97 Å². The average Bonchev–Trinajstić information content (AvgIpc) is 2.03. The minimum absolute atomic E-state index is 0.131. The number of nitrogens with zero attached hydrogens (tertiary/aromatic N) is 1. The highest BCUT2D eigenvalue weighted by atomic mass is 16.5. The van der Waals surface area contributed by atoms with Gasteiger partial charge in [0.1, 0.15) is 0 Å². The van der Waals surface area contributed by atoms with Gasteiger partial charge in [0.25, 0.3) is 0 Å². The summed E-state index contributed by atoms with van der Waals surface area (Å²) in [6, 6.07) is 0.271. The molecule has 1 saturated heterocycles. The quantitative estimate of drug-likeness (QED) is 0.701. The smallest absolute Gasteiger partial charge is 0.317 e. The maximum atomic E-state index is 10.6. The largest absolute Gasteiger partial charge is 0.480 e. The van der Waals surface area contributed by atoms with Crippen LogP contribution in [0.15, 0.2) is 0 Å². The van der Waals surface area contributed by atoms with E-state index in [2.05, 4.69) is 6.92 Å². The molecule has 1 aliphatic rings. The number of hydrogen-bond acceptors (Lipinski definition) is 3. The molecule has 0 saturated carbocycles. The first kappa shape index (κ1) is 10.5. The normalized spacial score (nSPS) is 30.3. The summed E-state index contributed by atoms with van der Waals surface area (Å²) in [5.41, 5.74) is 0. The molecule has 0 aromatic rings. The maximum Gasteiger partial charge on any atom is 0.317 e. The van der Waals surface area contributed by atoms with Gasteiger partial charge in [-0.15, -0.1) is 0 Å². The van der Waals surface area contributed by atoms with Crippen molar-refractivity contribution in [2.24, 2.45) is 0 Å². The van der Waals surface area contributed by atoms with Crippen molar-refractivity contribution in [2.45, 2.75) is 32.4 Å². The van der Waals surface area contributed by atoms with Crippen LogP contribution < -0.4 is 0 Å². The van der Waals surface area contributed by atoms with Crippen molar-refractivity contribution in [2.75, 3.05) is 19.7 Å². The van der Waals surface area contributed by atoms with E-state index >= 15 is 0 Å². The van der Waals surface area contributed by atoms with Crippen LogP contribution in [0.4, 0.5) is 0 Å². The number of hydrogen-bond donors (Lipinski definition) is 1. The molecule has 2 unspecified atom stereocenters. The number of carboxylic acid groups (broad SMARTS) is 1. The summed E-state index contributed by atoms with van der Waals surface area (Å²) in [5, 5.41) is 8.68. The lowest BCUT2D eigenvalue weighted by molar-refractivity contribution is -0.142. The van der Waals surface area contributed by atoms with Crippen LogP contribution in [0.3, 0.4) is 0 Å². The lowest BCUT2D eigenvalue weighted by Gasteiger charge is -2.37. The Bertz CT molecular complexity index is 184. The number of aliphatic carboxylic acids is 1. The molecule has 0 amide bonds. The molecule has 0 aromatic heterocycles. The fourth-order valence-corrected chi connectivity index (χ4v) is 1.66. The molecule has 1 fully saturated rings. The minimum atomic E-state index is -0.757. The van der Waals surface area contributed by atoms with Gasteiger partial charge < -0.3 is 9.84 Å². The second-order valence-electron chi connectivity index (χ2n) is 3.53. The van der Waals surface area contributed by atoms with E-state index in [9.17, 15) is 4.79 Å². The Labute approximate surface area is 78.5 Å². The Kier molecular flexibility index (Phi) is 3.69. The number of morpholine rings is 1. The highest BCUT2D eigenvalue weighted by Gasteiger charge is 2.26. The first-order valence-electron chi connectivity index (χ1n) is 4.71. The Morgan fingerprint density at radius 3 is 2.92 bits per heavy atom. The van der Waals surface area contributed by atoms with Crippen LogP contribution >= 0.6 is 0 Å². The summed E-state index contributed by atoms with van der Waals surface area (Å²) in [4.78, 5) is 12.5. The monoisotopic (exact) mass is 187 g/mol. The molecule has 76 valence electrons. The molecule has 1 rings (SSSR count). The lowest BCUT2D eigenvalue weighted by atomic mass is 10.1. The van der Waals surface area contributed by atoms with Crippen LogP contribution in [0.2, 0.25) is 0 Å². The molecule has 0 aromatic carbocycles. The third kappa shape index (κ3) is 2.97. The summed E-state index contributed by atoms with van der Waals surface area (Å²) in [6.45, 7) is 5.54. The fourth-order valence-electron chi connectivity index (χ4n) is 1.66. The predicted molar refractivity (Wildman–Crippen MR) is 48.7 cm³/mol. The van der Waals surface area contributed by atoms with E-state index < -0.39 is 5.97 Å². The molecule has 2 atom stereocenters. The second-order valence-corrected chi connectivity index (χ2v) is 3.53. The summed E-state index contributed by atoms with van der Waals surface area (Å²) in [7, 11) is 0. The third-order valence-corrected chi connectivity index (χ3v) is 2.39. The van der Waals surface area contributed by atoms with Gasteiger partial charge in [0.15, 0.2) is 0 Å². The van der Waals surface area contributed by atoms with Crippen LogP contribution in [0.5, 0.6) is 0 Å². The Morgan fingerprint density at radius 2 is 2.38 bits per heavy atom. The van der Waals surface area contributed by atoms with E-state index in [1.54, 1.807) is 0 Å². The molecule has 1 N–H and O–H groups in total. The maximum absolute atomic E-state index is 10.6. The van der Waals surface area contributed by atoms with Crippen molar-refractivity contribution in [3.63, 3.8) is 0 Å². The zero-order valence-corrected chi connectivity index (χ0v) is 8.19. The standard InChI is InChI=1S/C9H17NO3/c1-3-8-6-13-7(2)4-10(8)5-9(11)12/h7-8H,3-6H2,1-2H3,(H,11,12). The number of ether oxygens (including phenoxy) is 1. The van der Waals surface area contributed by atoms with Gasteiger partial charge in [-0.25, -0.2) is 0 Å². The van der Waals surface area contributed by atoms with Crippen LogP contribution in [0.1, 0.15) is 20.3 Å². The van der Waals surface area contributed by atoms with E-state index in [1.807, 2.05) is 11.8 Å². The average molecular weight is 187 g/mol. The van der Waals surface area contributed by atoms with Gasteiger partial charge in [0, 0.05) is 12.6 Å². The van der Waals surface area contributed by atoms with Gasteiger partial charge in [-0.3, -0.25) is 9.69 Å². The molecule has 1 aliphatic heterocycles. The molecule has 0 radical (unpaired) electrons. The van der Waals surface area contributed by atoms with Crippen molar-refractivity contribution in [1.82, 2.24) is 4.90 Å².